The molecule has 1 heterocycles. The predicted octanol–water partition coefficient (Wildman–Crippen LogP) is 4.47. The first-order valence-electron chi connectivity index (χ1n) is 6.87. The quantitative estimate of drug-likeness (QED) is 0.821. The van der Waals surface area contributed by atoms with Crippen LogP contribution in [0.4, 0.5) is 0 Å². The highest BCUT2D eigenvalue weighted by Gasteiger charge is 2.21. The molecule has 0 radical (unpaired) electrons. The highest BCUT2D eigenvalue weighted by atomic mass is 35.5. The van der Waals surface area contributed by atoms with Crippen LogP contribution in [-0.2, 0) is 12.8 Å². The van der Waals surface area contributed by atoms with Gasteiger partial charge in [0.2, 0.25) is 5.88 Å². The van der Waals surface area contributed by atoms with Crippen LogP contribution < -0.4 is 0 Å². The Morgan fingerprint density at radius 1 is 1.14 bits per heavy atom. The fraction of sp³-hybridized carbons (Fsp3) is 0.250. The molecule has 1 aliphatic rings. The van der Waals surface area contributed by atoms with E-state index in [1.807, 2.05) is 24.3 Å². The van der Waals surface area contributed by atoms with Crippen LogP contribution >= 0.6 is 23.4 Å². The molecule has 21 heavy (non-hydrogen) atoms. The lowest BCUT2D eigenvalue weighted by molar-refractivity contribution is 0.443. The maximum atomic E-state index is 10.1. The smallest absolute Gasteiger partial charge is 0.221 e. The van der Waals surface area contributed by atoms with Gasteiger partial charge in [-0.25, -0.2) is 4.98 Å². The summed E-state index contributed by atoms with van der Waals surface area (Å²) in [4.78, 5) is 5.35. The van der Waals surface area contributed by atoms with Gasteiger partial charge in [0.1, 0.15) is 5.03 Å². The molecule has 0 unspecified atom stereocenters. The van der Waals surface area contributed by atoms with Crippen molar-refractivity contribution in [3.8, 4) is 5.88 Å². The monoisotopic (exact) mass is 318 g/mol. The molecule has 0 atom stereocenters. The molecule has 2 aromatic rings. The van der Waals surface area contributed by atoms with Crippen LogP contribution in [0.3, 0.4) is 0 Å². The summed E-state index contributed by atoms with van der Waals surface area (Å²) in [6.07, 6.45) is 5.31. The van der Waals surface area contributed by atoms with E-state index in [1.165, 1.54) is 23.5 Å². The van der Waals surface area contributed by atoms with Crippen LogP contribution in [0.2, 0.25) is 5.02 Å². The molecule has 5 heteroatoms. The maximum Gasteiger partial charge on any atom is 0.221 e. The van der Waals surface area contributed by atoms with Crippen LogP contribution in [0.1, 0.15) is 29.5 Å². The van der Waals surface area contributed by atoms with Crippen molar-refractivity contribution < 1.29 is 5.11 Å². The molecule has 108 valence electrons. The number of hydrogen-bond donors (Lipinski definition) is 2. The average Bonchev–Trinajstić information content (AvgIpc) is 2.50. The van der Waals surface area contributed by atoms with E-state index in [9.17, 15) is 5.11 Å². The van der Waals surface area contributed by atoms with E-state index < -0.39 is 0 Å². The largest absolute Gasteiger partial charge is 0.493 e. The Balaban J connectivity index is 2.04. The molecule has 3 rings (SSSR count). The third-order valence-corrected chi connectivity index (χ3v) is 4.96. The first kappa shape index (κ1) is 14.4. The van der Waals surface area contributed by atoms with Crippen molar-refractivity contribution >= 4 is 29.6 Å². The van der Waals surface area contributed by atoms with Crippen LogP contribution in [0, 0.1) is 5.41 Å². The topological polar surface area (TPSA) is 57.0 Å². The van der Waals surface area contributed by atoms with Gasteiger partial charge in [-0.15, -0.1) is 0 Å². The Morgan fingerprint density at radius 2 is 1.81 bits per heavy atom. The number of pyridine rings is 1. The maximum absolute atomic E-state index is 10.1. The summed E-state index contributed by atoms with van der Waals surface area (Å²) in [7, 11) is 0. The molecule has 0 saturated carbocycles. The van der Waals surface area contributed by atoms with Crippen LogP contribution in [0.25, 0.3) is 0 Å². The van der Waals surface area contributed by atoms with E-state index in [0.29, 0.717) is 10.6 Å². The van der Waals surface area contributed by atoms with Gasteiger partial charge in [-0.3, -0.25) is 0 Å². The molecule has 0 saturated heterocycles. The second-order valence-electron chi connectivity index (χ2n) is 5.02. The average molecular weight is 319 g/mol. The van der Waals surface area contributed by atoms with E-state index in [0.717, 1.165) is 41.2 Å². The summed E-state index contributed by atoms with van der Waals surface area (Å²) in [6, 6.07) is 7.60. The molecule has 0 spiro atoms. The summed E-state index contributed by atoms with van der Waals surface area (Å²) < 4.78 is 0. The summed E-state index contributed by atoms with van der Waals surface area (Å²) in [5.41, 5.74) is 2.84. The number of nitrogens with one attached hydrogen (secondary N) is 1. The molecule has 2 N–H and O–H groups in total. The standard InChI is InChI=1S/C16H15ClN2OS/c17-10-5-7-11(8-6-10)21-16-13-4-2-1-3-12(13)14(9-18)15(20)19-16/h5-9,18H,1-4H2,(H,19,20). The second kappa shape index (κ2) is 6.08. The normalized spacial score (nSPS) is 13.8. The number of fused-ring (bicyclic) bond motifs is 1. The van der Waals surface area contributed by atoms with Gasteiger partial charge in [0.05, 0.1) is 5.56 Å². The van der Waals surface area contributed by atoms with Crippen molar-refractivity contribution in [1.29, 1.82) is 5.41 Å². The first-order valence-corrected chi connectivity index (χ1v) is 8.07. The van der Waals surface area contributed by atoms with Gasteiger partial charge in [0.25, 0.3) is 0 Å². The van der Waals surface area contributed by atoms with Gasteiger partial charge in [0.15, 0.2) is 0 Å². The fourth-order valence-electron chi connectivity index (χ4n) is 2.65. The van der Waals surface area contributed by atoms with Crippen molar-refractivity contribution in [3.05, 3.63) is 46.0 Å². The van der Waals surface area contributed by atoms with Crippen molar-refractivity contribution in [1.82, 2.24) is 4.98 Å². The highest BCUT2D eigenvalue weighted by Crippen LogP contribution is 2.38. The third kappa shape index (κ3) is 2.92. The molecule has 1 aromatic carbocycles. The summed E-state index contributed by atoms with van der Waals surface area (Å²) in [5, 5.41) is 19.1. The molecule has 1 aromatic heterocycles. The van der Waals surface area contributed by atoms with E-state index in [2.05, 4.69) is 4.98 Å². The van der Waals surface area contributed by atoms with Gasteiger partial charge in [-0.05, 0) is 61.1 Å². The molecular formula is C16H15ClN2OS. The lowest BCUT2D eigenvalue weighted by Crippen LogP contribution is -2.09. The first-order chi connectivity index (χ1) is 10.2. The Labute approximate surface area is 132 Å². The highest BCUT2D eigenvalue weighted by molar-refractivity contribution is 7.99. The van der Waals surface area contributed by atoms with Crippen molar-refractivity contribution in [2.24, 2.45) is 0 Å². The molecule has 1 aliphatic carbocycles. The van der Waals surface area contributed by atoms with Crippen LogP contribution in [-0.4, -0.2) is 16.3 Å². The molecule has 0 amide bonds. The molecular weight excluding hydrogens is 304 g/mol. The Morgan fingerprint density at radius 3 is 2.48 bits per heavy atom. The number of benzene rings is 1. The van der Waals surface area contributed by atoms with Crippen LogP contribution in [0.15, 0.2) is 34.2 Å². The van der Waals surface area contributed by atoms with Gasteiger partial charge in [0, 0.05) is 16.1 Å². The second-order valence-corrected chi connectivity index (χ2v) is 6.52. The third-order valence-electron chi connectivity index (χ3n) is 3.67. The van der Waals surface area contributed by atoms with Crippen molar-refractivity contribution in [2.75, 3.05) is 0 Å². The number of aromatic hydroxyl groups is 1. The Kier molecular flexibility index (Phi) is 4.17. The number of aromatic nitrogens is 1. The SMILES string of the molecule is N=Cc1c(O)nc(Sc2ccc(Cl)cc2)c2c1CCCC2. The zero-order valence-electron chi connectivity index (χ0n) is 11.4. The van der Waals surface area contributed by atoms with E-state index in [-0.39, 0.29) is 5.88 Å². The lowest BCUT2D eigenvalue weighted by Gasteiger charge is -2.21. The van der Waals surface area contributed by atoms with Gasteiger partial charge in [-0.2, -0.15) is 0 Å². The van der Waals surface area contributed by atoms with Crippen LogP contribution in [0.5, 0.6) is 5.88 Å². The van der Waals surface area contributed by atoms with Crippen molar-refractivity contribution in [2.45, 2.75) is 35.6 Å². The minimum atomic E-state index is -0.0397. The van der Waals surface area contributed by atoms with E-state index >= 15 is 0 Å². The number of rotatable bonds is 3. The Hall–Kier alpha value is -1.52. The minimum absolute atomic E-state index is 0.0397. The summed E-state index contributed by atoms with van der Waals surface area (Å²) in [5.74, 6) is -0.0397. The van der Waals surface area contributed by atoms with Crippen molar-refractivity contribution in [3.63, 3.8) is 0 Å². The lowest BCUT2D eigenvalue weighted by atomic mass is 9.90. The van der Waals surface area contributed by atoms with E-state index in [4.69, 9.17) is 17.0 Å². The van der Waals surface area contributed by atoms with Gasteiger partial charge >= 0.3 is 0 Å². The molecule has 0 bridgehead atoms. The zero-order valence-corrected chi connectivity index (χ0v) is 13.0. The molecule has 0 aliphatic heterocycles. The molecule has 3 nitrogen and oxygen atoms in total. The van der Waals surface area contributed by atoms with Gasteiger partial charge in [-0.1, -0.05) is 23.4 Å². The number of hydrogen-bond acceptors (Lipinski definition) is 4. The molecule has 0 fully saturated rings. The minimum Gasteiger partial charge on any atom is -0.493 e. The number of halogens is 1. The Bertz CT molecular complexity index is 686. The zero-order chi connectivity index (χ0) is 14.8. The van der Waals surface area contributed by atoms with E-state index in [1.54, 1.807) is 0 Å². The summed E-state index contributed by atoms with van der Waals surface area (Å²) >= 11 is 7.44. The van der Waals surface area contributed by atoms with Gasteiger partial charge < -0.3 is 10.5 Å². The number of nitrogens with zero attached hydrogens (tertiary/aromatic N) is 1. The summed E-state index contributed by atoms with van der Waals surface area (Å²) in [6.45, 7) is 0. The fourth-order valence-corrected chi connectivity index (χ4v) is 3.75. The predicted molar refractivity (Wildman–Crippen MR) is 86.0 cm³/mol.